The molecule has 0 spiro atoms. The summed E-state index contributed by atoms with van der Waals surface area (Å²) in [6.07, 6.45) is 1.99. The predicted molar refractivity (Wildman–Crippen MR) is 112 cm³/mol. The van der Waals surface area contributed by atoms with Crippen LogP contribution in [0.5, 0.6) is 11.5 Å². The van der Waals surface area contributed by atoms with Gasteiger partial charge in [0.1, 0.15) is 5.57 Å². The number of imide groups is 2. The van der Waals surface area contributed by atoms with Crippen LogP contribution in [0.25, 0.3) is 6.08 Å². The van der Waals surface area contributed by atoms with E-state index in [0.29, 0.717) is 21.2 Å². The summed E-state index contributed by atoms with van der Waals surface area (Å²) >= 11 is 1.92. The first-order chi connectivity index (χ1) is 13.4. The van der Waals surface area contributed by atoms with E-state index in [0.717, 1.165) is 10.5 Å². The third-order valence-corrected chi connectivity index (χ3v) is 5.12. The van der Waals surface area contributed by atoms with Crippen LogP contribution in [0.15, 0.2) is 42.0 Å². The Morgan fingerprint density at radius 2 is 1.93 bits per heavy atom. The molecule has 0 saturated carbocycles. The SMILES string of the molecule is CCc1ccccc1N1C(=O)NC(=O)/C(=C/c2cc(I)c(O)c(OC)c2)C1=O. The van der Waals surface area contributed by atoms with Crippen molar-refractivity contribution in [3.05, 3.63) is 56.7 Å². The Morgan fingerprint density at radius 1 is 1.21 bits per heavy atom. The largest absolute Gasteiger partial charge is 0.504 e. The number of benzene rings is 2. The minimum atomic E-state index is -0.786. The number of rotatable bonds is 4. The second-order valence-corrected chi connectivity index (χ2v) is 7.16. The number of methoxy groups -OCH3 is 1. The van der Waals surface area contributed by atoms with E-state index in [2.05, 4.69) is 5.32 Å². The molecule has 1 fully saturated rings. The van der Waals surface area contributed by atoms with Crippen molar-refractivity contribution in [3.8, 4) is 11.5 Å². The highest BCUT2D eigenvalue weighted by atomic mass is 127. The fraction of sp³-hybridized carbons (Fsp3) is 0.150. The molecular weight excluding hydrogens is 475 g/mol. The van der Waals surface area contributed by atoms with Gasteiger partial charge >= 0.3 is 6.03 Å². The Bertz CT molecular complexity index is 1020. The first kappa shape index (κ1) is 19.9. The lowest BCUT2D eigenvalue weighted by molar-refractivity contribution is -0.122. The van der Waals surface area contributed by atoms with Crippen LogP contribution in [0.1, 0.15) is 18.1 Å². The molecule has 4 amide bonds. The Morgan fingerprint density at radius 3 is 2.61 bits per heavy atom. The number of anilines is 1. The van der Waals surface area contributed by atoms with Gasteiger partial charge in [-0.2, -0.15) is 0 Å². The number of amides is 4. The van der Waals surface area contributed by atoms with Gasteiger partial charge in [0.25, 0.3) is 11.8 Å². The zero-order valence-electron chi connectivity index (χ0n) is 15.2. The molecule has 2 aromatic rings. The van der Waals surface area contributed by atoms with E-state index < -0.39 is 17.8 Å². The number of hydrogen-bond donors (Lipinski definition) is 2. The van der Waals surface area contributed by atoms with Crippen molar-refractivity contribution in [2.45, 2.75) is 13.3 Å². The minimum Gasteiger partial charge on any atom is -0.504 e. The number of carbonyl (C=O) groups is 3. The van der Waals surface area contributed by atoms with Crippen molar-refractivity contribution < 1.29 is 24.2 Å². The Balaban J connectivity index is 2.08. The number of urea groups is 1. The fourth-order valence-corrected chi connectivity index (χ4v) is 3.53. The Kier molecular flexibility index (Phi) is 5.68. The highest BCUT2D eigenvalue weighted by molar-refractivity contribution is 14.1. The lowest BCUT2D eigenvalue weighted by Gasteiger charge is -2.28. The molecule has 1 aliphatic heterocycles. The molecule has 0 radical (unpaired) electrons. The molecule has 1 aliphatic rings. The molecule has 7 nitrogen and oxygen atoms in total. The summed E-state index contributed by atoms with van der Waals surface area (Å²) < 4.78 is 5.61. The van der Waals surface area contributed by atoms with Gasteiger partial charge < -0.3 is 9.84 Å². The second kappa shape index (κ2) is 8.01. The predicted octanol–water partition coefficient (Wildman–Crippen LogP) is 3.23. The Hall–Kier alpha value is -2.88. The maximum Gasteiger partial charge on any atom is 0.335 e. The van der Waals surface area contributed by atoms with Gasteiger partial charge in [0.05, 0.1) is 16.4 Å². The number of halogens is 1. The molecule has 8 heteroatoms. The van der Waals surface area contributed by atoms with Gasteiger partial charge in [0, 0.05) is 0 Å². The van der Waals surface area contributed by atoms with Crippen molar-refractivity contribution in [1.82, 2.24) is 5.32 Å². The summed E-state index contributed by atoms with van der Waals surface area (Å²) in [5, 5.41) is 12.2. The van der Waals surface area contributed by atoms with Gasteiger partial charge in [0.2, 0.25) is 0 Å². The Labute approximate surface area is 175 Å². The van der Waals surface area contributed by atoms with Gasteiger partial charge in [-0.3, -0.25) is 14.9 Å². The molecule has 144 valence electrons. The number of nitrogens with one attached hydrogen (secondary N) is 1. The van der Waals surface area contributed by atoms with Crippen LogP contribution in [-0.4, -0.2) is 30.1 Å². The third-order valence-electron chi connectivity index (χ3n) is 4.30. The average molecular weight is 492 g/mol. The van der Waals surface area contributed by atoms with Crippen LogP contribution < -0.4 is 15.0 Å². The number of aromatic hydroxyl groups is 1. The van der Waals surface area contributed by atoms with Crippen LogP contribution in [-0.2, 0) is 16.0 Å². The molecule has 1 saturated heterocycles. The van der Waals surface area contributed by atoms with Crippen molar-refractivity contribution in [2.75, 3.05) is 12.0 Å². The number of para-hydroxylation sites is 1. The summed E-state index contributed by atoms with van der Waals surface area (Å²) in [6, 6.07) is 9.35. The van der Waals surface area contributed by atoms with Crippen LogP contribution in [0.2, 0.25) is 0 Å². The van der Waals surface area contributed by atoms with Gasteiger partial charge in [-0.05, 0) is 64.4 Å². The lowest BCUT2D eigenvalue weighted by atomic mass is 10.0. The molecule has 2 N–H and O–H groups in total. The monoisotopic (exact) mass is 492 g/mol. The summed E-state index contributed by atoms with van der Waals surface area (Å²) in [7, 11) is 1.41. The zero-order chi connectivity index (χ0) is 20.4. The molecule has 0 atom stereocenters. The van der Waals surface area contributed by atoms with E-state index in [-0.39, 0.29) is 17.1 Å². The number of aryl methyl sites for hydroxylation is 1. The summed E-state index contributed by atoms with van der Waals surface area (Å²) in [5.41, 5.74) is 1.54. The zero-order valence-corrected chi connectivity index (χ0v) is 17.3. The quantitative estimate of drug-likeness (QED) is 0.388. The molecule has 3 rings (SSSR count). The van der Waals surface area contributed by atoms with E-state index in [1.165, 1.54) is 19.3 Å². The van der Waals surface area contributed by atoms with E-state index in [4.69, 9.17) is 4.74 Å². The molecule has 28 heavy (non-hydrogen) atoms. The van der Waals surface area contributed by atoms with Crippen molar-refractivity contribution >= 4 is 52.2 Å². The standard InChI is InChI=1S/C20H17IN2O5/c1-3-12-6-4-5-7-15(12)23-19(26)13(18(25)22-20(23)27)8-11-9-14(21)17(24)16(10-11)28-2/h4-10,24H,3H2,1-2H3,(H,22,25,27)/b13-8-. The molecule has 0 bridgehead atoms. The smallest absolute Gasteiger partial charge is 0.335 e. The maximum atomic E-state index is 13.0. The summed E-state index contributed by atoms with van der Waals surface area (Å²) in [6.45, 7) is 1.91. The van der Waals surface area contributed by atoms with Crippen molar-refractivity contribution in [2.24, 2.45) is 0 Å². The normalized spacial score (nSPS) is 15.8. The topological polar surface area (TPSA) is 95.9 Å². The molecular formula is C20H17IN2O5. The highest BCUT2D eigenvalue weighted by Gasteiger charge is 2.37. The third kappa shape index (κ3) is 3.59. The highest BCUT2D eigenvalue weighted by Crippen LogP contribution is 2.33. The van der Waals surface area contributed by atoms with Crippen LogP contribution in [0.4, 0.5) is 10.5 Å². The first-order valence-electron chi connectivity index (χ1n) is 8.43. The number of phenols is 1. The molecule has 0 unspecified atom stereocenters. The van der Waals surface area contributed by atoms with Gasteiger partial charge in [-0.15, -0.1) is 0 Å². The van der Waals surface area contributed by atoms with Crippen molar-refractivity contribution in [1.29, 1.82) is 0 Å². The van der Waals surface area contributed by atoms with Gasteiger partial charge in [-0.25, -0.2) is 9.69 Å². The number of hydrogen-bond acceptors (Lipinski definition) is 5. The van der Waals surface area contributed by atoms with E-state index in [9.17, 15) is 19.5 Å². The second-order valence-electron chi connectivity index (χ2n) is 5.99. The minimum absolute atomic E-state index is 0.0293. The summed E-state index contributed by atoms with van der Waals surface area (Å²) in [5.74, 6) is -1.30. The van der Waals surface area contributed by atoms with E-state index >= 15 is 0 Å². The number of barbiturate groups is 1. The van der Waals surface area contributed by atoms with Crippen LogP contribution >= 0.6 is 22.6 Å². The average Bonchev–Trinajstić information content (AvgIpc) is 2.67. The van der Waals surface area contributed by atoms with Crippen LogP contribution in [0.3, 0.4) is 0 Å². The summed E-state index contributed by atoms with van der Waals surface area (Å²) in [4.78, 5) is 38.7. The van der Waals surface area contributed by atoms with E-state index in [1.54, 1.807) is 18.2 Å². The maximum absolute atomic E-state index is 13.0. The van der Waals surface area contributed by atoms with E-state index in [1.807, 2.05) is 41.6 Å². The number of carbonyl (C=O) groups excluding carboxylic acids is 3. The molecule has 0 aliphatic carbocycles. The van der Waals surface area contributed by atoms with Gasteiger partial charge in [0.15, 0.2) is 11.5 Å². The van der Waals surface area contributed by atoms with Gasteiger partial charge in [-0.1, -0.05) is 25.1 Å². The molecule has 2 aromatic carbocycles. The fourth-order valence-electron chi connectivity index (χ4n) is 2.90. The number of nitrogens with zero attached hydrogens (tertiary/aromatic N) is 1. The number of phenolic OH excluding ortho intramolecular Hbond substituents is 1. The van der Waals surface area contributed by atoms with Crippen LogP contribution in [0, 0.1) is 3.57 Å². The number of ether oxygens (including phenoxy) is 1. The first-order valence-corrected chi connectivity index (χ1v) is 9.51. The molecule has 0 aromatic heterocycles. The lowest BCUT2D eigenvalue weighted by Crippen LogP contribution is -2.54. The van der Waals surface area contributed by atoms with Crippen molar-refractivity contribution in [3.63, 3.8) is 0 Å². The molecule has 1 heterocycles.